The van der Waals surface area contributed by atoms with Gasteiger partial charge in [-0.05, 0) is 35.9 Å². The van der Waals surface area contributed by atoms with E-state index in [0.717, 1.165) is 12.1 Å². The van der Waals surface area contributed by atoms with Gasteiger partial charge in [0.1, 0.15) is 17.9 Å². The molecule has 2 aromatic rings. The summed E-state index contributed by atoms with van der Waals surface area (Å²) in [7, 11) is 0. The highest BCUT2D eigenvalue weighted by Gasteiger charge is 2.12. The van der Waals surface area contributed by atoms with E-state index in [2.05, 4.69) is 0 Å². The molecule has 0 saturated carbocycles. The fourth-order valence-corrected chi connectivity index (χ4v) is 1.76. The quantitative estimate of drug-likeness (QED) is 0.931. The maximum atomic E-state index is 13.0. The molecule has 0 bridgehead atoms. The highest BCUT2D eigenvalue weighted by atomic mass is 35.5. The molecule has 2 aromatic carbocycles. The van der Waals surface area contributed by atoms with Crippen molar-refractivity contribution in [2.45, 2.75) is 6.61 Å². The van der Waals surface area contributed by atoms with E-state index in [9.17, 15) is 13.6 Å². The Bertz CT molecular complexity index is 659. The lowest BCUT2D eigenvalue weighted by Gasteiger charge is -2.09. The maximum absolute atomic E-state index is 13.0. The Kier molecular flexibility index (Phi) is 4.20. The van der Waals surface area contributed by atoms with Gasteiger partial charge in [-0.1, -0.05) is 17.7 Å². The zero-order chi connectivity index (χ0) is 14.7. The predicted octanol–water partition coefficient (Wildman–Crippen LogP) is 3.90. The molecule has 6 heteroatoms. The molecule has 0 aromatic heterocycles. The van der Waals surface area contributed by atoms with Crippen LogP contribution in [0.5, 0.6) is 5.75 Å². The number of carboxylic acid groups (broad SMARTS) is 1. The van der Waals surface area contributed by atoms with Gasteiger partial charge in [-0.2, -0.15) is 0 Å². The number of halogens is 3. The largest absolute Gasteiger partial charge is 0.488 e. The molecule has 0 atom stereocenters. The van der Waals surface area contributed by atoms with Crippen LogP contribution >= 0.6 is 11.6 Å². The van der Waals surface area contributed by atoms with Crippen molar-refractivity contribution in [3.05, 3.63) is 64.2 Å². The second kappa shape index (κ2) is 5.88. The van der Waals surface area contributed by atoms with Gasteiger partial charge in [0.25, 0.3) is 0 Å². The highest BCUT2D eigenvalue weighted by Crippen LogP contribution is 2.24. The van der Waals surface area contributed by atoms with Crippen molar-refractivity contribution in [1.82, 2.24) is 0 Å². The van der Waals surface area contributed by atoms with Crippen molar-refractivity contribution in [3.8, 4) is 5.75 Å². The van der Waals surface area contributed by atoms with Gasteiger partial charge in [0.15, 0.2) is 11.6 Å². The van der Waals surface area contributed by atoms with Crippen molar-refractivity contribution in [2.75, 3.05) is 0 Å². The number of ether oxygens (including phenoxy) is 1. The normalized spacial score (nSPS) is 10.3. The van der Waals surface area contributed by atoms with E-state index in [4.69, 9.17) is 21.4 Å². The number of aromatic carboxylic acids is 1. The smallest absolute Gasteiger partial charge is 0.339 e. The number of benzene rings is 2. The van der Waals surface area contributed by atoms with Crippen LogP contribution in [0.3, 0.4) is 0 Å². The number of rotatable bonds is 4. The number of carbonyl (C=O) groups is 1. The molecule has 0 amide bonds. The molecule has 3 nitrogen and oxygen atoms in total. The molecule has 0 heterocycles. The Hall–Kier alpha value is -2.14. The van der Waals surface area contributed by atoms with Gasteiger partial charge in [-0.25, -0.2) is 13.6 Å². The van der Waals surface area contributed by atoms with Gasteiger partial charge in [-0.15, -0.1) is 0 Å². The summed E-state index contributed by atoms with van der Waals surface area (Å²) < 4.78 is 31.1. The fourth-order valence-electron chi connectivity index (χ4n) is 1.59. The van der Waals surface area contributed by atoms with Crippen molar-refractivity contribution in [1.29, 1.82) is 0 Å². The molecule has 0 aliphatic carbocycles. The molecule has 0 radical (unpaired) electrons. The molecule has 2 rings (SSSR count). The van der Waals surface area contributed by atoms with Gasteiger partial charge in [0.05, 0.1) is 0 Å². The van der Waals surface area contributed by atoms with Crippen LogP contribution in [0.15, 0.2) is 36.4 Å². The lowest BCUT2D eigenvalue weighted by atomic mass is 10.2. The molecule has 0 spiro atoms. The van der Waals surface area contributed by atoms with Crippen LogP contribution in [0.2, 0.25) is 5.02 Å². The van der Waals surface area contributed by atoms with E-state index in [1.54, 1.807) is 0 Å². The van der Waals surface area contributed by atoms with Crippen LogP contribution in [0.4, 0.5) is 8.78 Å². The number of hydrogen-bond acceptors (Lipinski definition) is 2. The first-order chi connectivity index (χ1) is 9.47. The summed E-state index contributed by atoms with van der Waals surface area (Å²) in [5, 5.41) is 9.29. The number of hydrogen-bond donors (Lipinski definition) is 1. The SMILES string of the molecule is O=C(O)c1cc(Cl)ccc1OCc1ccc(F)c(F)c1. The third-order valence-electron chi connectivity index (χ3n) is 2.55. The Morgan fingerprint density at radius 2 is 1.90 bits per heavy atom. The Labute approximate surface area is 118 Å². The van der Waals surface area contributed by atoms with Crippen molar-refractivity contribution < 1.29 is 23.4 Å². The minimum absolute atomic E-state index is 0.0842. The standard InChI is InChI=1S/C14H9ClF2O3/c15-9-2-4-13(10(6-9)14(18)19)20-7-8-1-3-11(16)12(17)5-8/h1-6H,7H2,(H,18,19). The average Bonchev–Trinajstić information content (AvgIpc) is 2.41. The second-order valence-electron chi connectivity index (χ2n) is 3.98. The molecule has 1 N–H and O–H groups in total. The lowest BCUT2D eigenvalue weighted by molar-refractivity contribution is 0.0691. The van der Waals surface area contributed by atoms with E-state index in [-0.39, 0.29) is 22.9 Å². The minimum atomic E-state index is -1.19. The predicted molar refractivity (Wildman–Crippen MR) is 69.1 cm³/mol. The molecule has 0 aliphatic rings. The molecule has 104 valence electrons. The highest BCUT2D eigenvalue weighted by molar-refractivity contribution is 6.31. The van der Waals surface area contributed by atoms with Crippen LogP contribution in [-0.2, 0) is 6.61 Å². The van der Waals surface area contributed by atoms with E-state index >= 15 is 0 Å². The van der Waals surface area contributed by atoms with E-state index in [0.29, 0.717) is 5.56 Å². The molecule has 0 aliphatic heterocycles. The van der Waals surface area contributed by atoms with Crippen molar-refractivity contribution in [3.63, 3.8) is 0 Å². The summed E-state index contributed by atoms with van der Waals surface area (Å²) in [4.78, 5) is 11.0. The third kappa shape index (κ3) is 3.24. The van der Waals surface area contributed by atoms with Gasteiger partial charge in [0, 0.05) is 5.02 Å². The topological polar surface area (TPSA) is 46.5 Å². The van der Waals surface area contributed by atoms with Crippen LogP contribution in [0.25, 0.3) is 0 Å². The summed E-state index contributed by atoms with van der Waals surface area (Å²) >= 11 is 5.71. The third-order valence-corrected chi connectivity index (χ3v) is 2.79. The molecule has 20 heavy (non-hydrogen) atoms. The van der Waals surface area contributed by atoms with Crippen LogP contribution in [-0.4, -0.2) is 11.1 Å². The molecule has 0 fully saturated rings. The minimum Gasteiger partial charge on any atom is -0.488 e. The first-order valence-electron chi connectivity index (χ1n) is 5.57. The summed E-state index contributed by atoms with van der Waals surface area (Å²) in [5.41, 5.74) is 0.287. The Morgan fingerprint density at radius 3 is 2.55 bits per heavy atom. The van der Waals surface area contributed by atoms with Gasteiger partial charge in [-0.3, -0.25) is 0 Å². The Balaban J connectivity index is 2.18. The van der Waals surface area contributed by atoms with Crippen molar-refractivity contribution >= 4 is 17.6 Å². The lowest BCUT2D eigenvalue weighted by Crippen LogP contribution is -2.04. The van der Waals surface area contributed by atoms with Gasteiger partial charge >= 0.3 is 5.97 Å². The van der Waals surface area contributed by atoms with Gasteiger partial charge in [0.2, 0.25) is 0 Å². The molecular formula is C14H9ClF2O3. The van der Waals surface area contributed by atoms with Crippen LogP contribution < -0.4 is 4.74 Å². The van der Waals surface area contributed by atoms with Crippen LogP contribution in [0.1, 0.15) is 15.9 Å². The average molecular weight is 299 g/mol. The summed E-state index contributed by atoms with van der Waals surface area (Å²) in [6, 6.07) is 7.47. The fraction of sp³-hybridized carbons (Fsp3) is 0.0714. The van der Waals surface area contributed by atoms with E-state index in [1.165, 1.54) is 24.3 Å². The zero-order valence-electron chi connectivity index (χ0n) is 10.1. The summed E-state index contributed by atoms with van der Waals surface area (Å²) in [6.45, 7) is -0.0842. The van der Waals surface area contributed by atoms with Gasteiger partial charge < -0.3 is 9.84 Å². The molecule has 0 saturated heterocycles. The second-order valence-corrected chi connectivity index (χ2v) is 4.42. The zero-order valence-corrected chi connectivity index (χ0v) is 10.8. The number of carboxylic acids is 1. The van der Waals surface area contributed by atoms with E-state index in [1.807, 2.05) is 0 Å². The first kappa shape index (κ1) is 14.3. The summed E-state index contributed by atoms with van der Waals surface area (Å²) in [5.74, 6) is -3.02. The maximum Gasteiger partial charge on any atom is 0.339 e. The van der Waals surface area contributed by atoms with Crippen molar-refractivity contribution in [2.24, 2.45) is 0 Å². The van der Waals surface area contributed by atoms with E-state index < -0.39 is 17.6 Å². The molecular weight excluding hydrogens is 290 g/mol. The molecule has 0 unspecified atom stereocenters. The first-order valence-corrected chi connectivity index (χ1v) is 5.95. The van der Waals surface area contributed by atoms with Crippen LogP contribution in [0, 0.1) is 11.6 Å². The Morgan fingerprint density at radius 1 is 1.15 bits per heavy atom. The monoisotopic (exact) mass is 298 g/mol. The summed E-state index contributed by atoms with van der Waals surface area (Å²) in [6.07, 6.45) is 0.